The van der Waals surface area contributed by atoms with Gasteiger partial charge in [-0.2, -0.15) is 0 Å². The zero-order chi connectivity index (χ0) is 14.5. The molecule has 21 heavy (non-hydrogen) atoms. The van der Waals surface area contributed by atoms with Gasteiger partial charge >= 0.3 is 0 Å². The number of hydrogen-bond acceptors (Lipinski definition) is 4. The van der Waals surface area contributed by atoms with Gasteiger partial charge in [-0.3, -0.25) is 4.90 Å². The first-order chi connectivity index (χ1) is 10.3. The summed E-state index contributed by atoms with van der Waals surface area (Å²) in [6, 6.07) is 8.56. The fourth-order valence-electron chi connectivity index (χ4n) is 3.17. The number of nitrogens with one attached hydrogen (secondary N) is 1. The highest BCUT2D eigenvalue weighted by Crippen LogP contribution is 2.31. The van der Waals surface area contributed by atoms with Crippen LogP contribution >= 0.6 is 0 Å². The van der Waals surface area contributed by atoms with Crippen LogP contribution in [0.5, 0.6) is 11.5 Å². The highest BCUT2D eigenvalue weighted by atomic mass is 16.6. The maximum absolute atomic E-state index is 6.07. The zero-order valence-corrected chi connectivity index (χ0v) is 12.9. The Bertz CT molecular complexity index is 446. The molecule has 1 saturated heterocycles. The Morgan fingerprint density at radius 3 is 2.81 bits per heavy atom. The molecule has 1 aromatic rings. The standard InChI is InChI=1S/C17H26N2O2/c1-2-19(11-14-7-5-6-10-18-14)12-15-13-20-16-8-3-4-9-17(16)21-15/h3-4,8-9,14-15,18H,2,5-7,10-13H2,1H3. The van der Waals surface area contributed by atoms with Crippen LogP contribution in [0.2, 0.25) is 0 Å². The molecule has 0 radical (unpaired) electrons. The average molecular weight is 290 g/mol. The highest BCUT2D eigenvalue weighted by molar-refractivity contribution is 5.40. The molecule has 1 N–H and O–H groups in total. The molecule has 0 amide bonds. The molecule has 2 aliphatic rings. The van der Waals surface area contributed by atoms with Gasteiger partial charge in [0.15, 0.2) is 11.5 Å². The van der Waals surface area contributed by atoms with Crippen molar-refractivity contribution in [1.29, 1.82) is 0 Å². The van der Waals surface area contributed by atoms with E-state index in [0.29, 0.717) is 12.6 Å². The second-order valence-corrected chi connectivity index (χ2v) is 6.00. The van der Waals surface area contributed by atoms with E-state index in [1.54, 1.807) is 0 Å². The quantitative estimate of drug-likeness (QED) is 0.902. The molecule has 3 rings (SSSR count). The SMILES string of the molecule is CCN(CC1CCCCN1)CC1COc2ccccc2O1. The number of piperidine rings is 1. The lowest BCUT2D eigenvalue weighted by Crippen LogP contribution is -2.48. The van der Waals surface area contributed by atoms with Crippen LogP contribution in [0.4, 0.5) is 0 Å². The van der Waals surface area contributed by atoms with Gasteiger partial charge in [0.2, 0.25) is 0 Å². The van der Waals surface area contributed by atoms with Crippen molar-refractivity contribution in [1.82, 2.24) is 10.2 Å². The van der Waals surface area contributed by atoms with Gasteiger partial charge in [-0.15, -0.1) is 0 Å². The van der Waals surface area contributed by atoms with Crippen molar-refractivity contribution in [2.45, 2.75) is 38.3 Å². The monoisotopic (exact) mass is 290 g/mol. The third-order valence-electron chi connectivity index (χ3n) is 4.37. The molecule has 116 valence electrons. The summed E-state index contributed by atoms with van der Waals surface area (Å²) in [4.78, 5) is 2.48. The normalized spacial score (nSPS) is 25.0. The second-order valence-electron chi connectivity index (χ2n) is 6.00. The summed E-state index contributed by atoms with van der Waals surface area (Å²) >= 11 is 0. The minimum atomic E-state index is 0.128. The topological polar surface area (TPSA) is 33.7 Å². The Morgan fingerprint density at radius 2 is 2.05 bits per heavy atom. The number of benzene rings is 1. The Labute approximate surface area is 127 Å². The maximum Gasteiger partial charge on any atom is 0.161 e. The molecule has 2 unspecified atom stereocenters. The number of rotatable bonds is 5. The van der Waals surface area contributed by atoms with Crippen molar-refractivity contribution in [3.05, 3.63) is 24.3 Å². The van der Waals surface area contributed by atoms with Crippen LogP contribution in [-0.4, -0.2) is 49.8 Å². The van der Waals surface area contributed by atoms with Gasteiger partial charge in [-0.25, -0.2) is 0 Å². The summed E-state index contributed by atoms with van der Waals surface area (Å²) < 4.78 is 11.9. The van der Waals surface area contributed by atoms with Crippen molar-refractivity contribution in [3.8, 4) is 11.5 Å². The summed E-state index contributed by atoms with van der Waals surface area (Å²) in [5.74, 6) is 1.74. The van der Waals surface area contributed by atoms with E-state index in [9.17, 15) is 0 Å². The van der Waals surface area contributed by atoms with Gasteiger partial charge in [0.1, 0.15) is 12.7 Å². The maximum atomic E-state index is 6.07. The summed E-state index contributed by atoms with van der Waals surface area (Å²) in [6.45, 7) is 7.13. The third kappa shape index (κ3) is 3.89. The van der Waals surface area contributed by atoms with Crippen LogP contribution in [-0.2, 0) is 0 Å². The molecule has 0 aromatic heterocycles. The van der Waals surface area contributed by atoms with E-state index in [0.717, 1.165) is 31.1 Å². The molecule has 0 bridgehead atoms. The van der Waals surface area contributed by atoms with Crippen LogP contribution < -0.4 is 14.8 Å². The van der Waals surface area contributed by atoms with Crippen LogP contribution in [0.15, 0.2) is 24.3 Å². The molecular weight excluding hydrogens is 264 g/mol. The van der Waals surface area contributed by atoms with E-state index in [4.69, 9.17) is 9.47 Å². The van der Waals surface area contributed by atoms with Crippen molar-refractivity contribution >= 4 is 0 Å². The van der Waals surface area contributed by atoms with Gasteiger partial charge in [-0.1, -0.05) is 25.5 Å². The van der Waals surface area contributed by atoms with Gasteiger partial charge in [-0.05, 0) is 38.1 Å². The number of likely N-dealkylation sites (N-methyl/N-ethyl adjacent to an activating group) is 1. The number of para-hydroxylation sites is 2. The van der Waals surface area contributed by atoms with Gasteiger partial charge in [0.25, 0.3) is 0 Å². The lowest BCUT2D eigenvalue weighted by molar-refractivity contribution is 0.0564. The van der Waals surface area contributed by atoms with Gasteiger partial charge in [0, 0.05) is 19.1 Å². The van der Waals surface area contributed by atoms with E-state index >= 15 is 0 Å². The van der Waals surface area contributed by atoms with Gasteiger partial charge < -0.3 is 14.8 Å². The van der Waals surface area contributed by atoms with E-state index < -0.39 is 0 Å². The van der Waals surface area contributed by atoms with E-state index in [1.165, 1.54) is 25.8 Å². The molecular formula is C17H26N2O2. The molecule has 0 spiro atoms. The summed E-state index contributed by atoms with van der Waals surface area (Å²) in [5.41, 5.74) is 0. The molecule has 2 atom stereocenters. The molecule has 1 fully saturated rings. The molecule has 2 heterocycles. The number of hydrogen-bond donors (Lipinski definition) is 1. The lowest BCUT2D eigenvalue weighted by Gasteiger charge is -2.34. The molecule has 0 saturated carbocycles. The average Bonchev–Trinajstić information content (AvgIpc) is 2.55. The fraction of sp³-hybridized carbons (Fsp3) is 0.647. The molecule has 4 heteroatoms. The Hall–Kier alpha value is -1.26. The fourth-order valence-corrected chi connectivity index (χ4v) is 3.17. The van der Waals surface area contributed by atoms with Crippen molar-refractivity contribution < 1.29 is 9.47 Å². The number of nitrogens with zero attached hydrogens (tertiary/aromatic N) is 1. The lowest BCUT2D eigenvalue weighted by atomic mass is 10.0. The van der Waals surface area contributed by atoms with Crippen LogP contribution in [0, 0.1) is 0 Å². The Morgan fingerprint density at radius 1 is 1.19 bits per heavy atom. The summed E-state index contributed by atoms with van der Waals surface area (Å²) in [5, 5.41) is 3.62. The Kier molecular flexibility index (Phi) is 4.99. The summed E-state index contributed by atoms with van der Waals surface area (Å²) in [7, 11) is 0. The Balaban J connectivity index is 1.52. The first-order valence-corrected chi connectivity index (χ1v) is 8.19. The van der Waals surface area contributed by atoms with E-state index in [-0.39, 0.29) is 6.10 Å². The predicted octanol–water partition coefficient (Wildman–Crippen LogP) is 2.29. The van der Waals surface area contributed by atoms with Gasteiger partial charge in [0.05, 0.1) is 0 Å². The number of ether oxygens (including phenoxy) is 2. The second kappa shape index (κ2) is 7.14. The molecule has 1 aromatic carbocycles. The number of fused-ring (bicyclic) bond motifs is 1. The minimum Gasteiger partial charge on any atom is -0.486 e. The highest BCUT2D eigenvalue weighted by Gasteiger charge is 2.24. The molecule has 4 nitrogen and oxygen atoms in total. The van der Waals surface area contributed by atoms with Crippen molar-refractivity contribution in [2.24, 2.45) is 0 Å². The van der Waals surface area contributed by atoms with Crippen LogP contribution in [0.3, 0.4) is 0 Å². The van der Waals surface area contributed by atoms with Crippen LogP contribution in [0.25, 0.3) is 0 Å². The first kappa shape index (κ1) is 14.7. The first-order valence-electron chi connectivity index (χ1n) is 8.19. The molecule has 2 aliphatic heterocycles. The van der Waals surface area contributed by atoms with E-state index in [2.05, 4.69) is 17.1 Å². The zero-order valence-electron chi connectivity index (χ0n) is 12.9. The third-order valence-corrected chi connectivity index (χ3v) is 4.37. The van der Waals surface area contributed by atoms with E-state index in [1.807, 2.05) is 24.3 Å². The summed E-state index contributed by atoms with van der Waals surface area (Å²) in [6.07, 6.45) is 4.09. The van der Waals surface area contributed by atoms with Crippen LogP contribution in [0.1, 0.15) is 26.2 Å². The largest absolute Gasteiger partial charge is 0.486 e. The van der Waals surface area contributed by atoms with Crippen molar-refractivity contribution in [3.63, 3.8) is 0 Å². The van der Waals surface area contributed by atoms with Crippen molar-refractivity contribution in [2.75, 3.05) is 32.8 Å². The predicted molar refractivity (Wildman–Crippen MR) is 84.1 cm³/mol. The molecule has 0 aliphatic carbocycles. The minimum absolute atomic E-state index is 0.128. The smallest absolute Gasteiger partial charge is 0.161 e.